The molecule has 6 nitrogen and oxygen atoms in total. The Morgan fingerprint density at radius 2 is 2.12 bits per heavy atom. The molecule has 0 saturated heterocycles. The van der Waals surface area contributed by atoms with Crippen LogP contribution >= 0.6 is 23.2 Å². The van der Waals surface area contributed by atoms with E-state index in [1.165, 1.54) is 28.9 Å². The summed E-state index contributed by atoms with van der Waals surface area (Å²) in [5.74, 6) is -0.507. The van der Waals surface area contributed by atoms with Gasteiger partial charge in [-0.1, -0.05) is 11.6 Å². The summed E-state index contributed by atoms with van der Waals surface area (Å²) in [6.45, 7) is 0.366. The third-order valence-corrected chi connectivity index (χ3v) is 3.44. The summed E-state index contributed by atoms with van der Waals surface area (Å²) in [4.78, 5) is 22.4. The van der Waals surface area contributed by atoms with Crippen LogP contribution in [0.2, 0.25) is 5.02 Å². The third-order valence-electron chi connectivity index (χ3n) is 2.96. The van der Waals surface area contributed by atoms with Gasteiger partial charge in [0.05, 0.1) is 5.02 Å². The van der Waals surface area contributed by atoms with E-state index in [-0.39, 0.29) is 29.8 Å². The zero-order valence-corrected chi connectivity index (χ0v) is 14.0. The molecular weight excluding hydrogens is 360 g/mol. The second kappa shape index (κ2) is 8.65. The molecule has 1 N–H and O–H groups in total. The number of ether oxygens (including phenoxy) is 1. The van der Waals surface area contributed by atoms with Gasteiger partial charge in [0.25, 0.3) is 5.91 Å². The first-order valence-corrected chi connectivity index (χ1v) is 7.79. The summed E-state index contributed by atoms with van der Waals surface area (Å²) < 4.78 is 19.9. The van der Waals surface area contributed by atoms with Gasteiger partial charge in [0.2, 0.25) is 5.24 Å². The minimum Gasteiger partial charge on any atom is -0.471 e. The van der Waals surface area contributed by atoms with E-state index in [0.29, 0.717) is 18.7 Å². The Morgan fingerprint density at radius 1 is 1.33 bits per heavy atom. The third kappa shape index (κ3) is 5.50. The Hall–Kier alpha value is -2.12. The fraction of sp³-hybridized carbons (Fsp3) is 0.267. The molecular formula is C15H14Cl2FN3O3. The highest BCUT2D eigenvalue weighted by Crippen LogP contribution is 2.21. The molecule has 128 valence electrons. The van der Waals surface area contributed by atoms with Gasteiger partial charge in [-0.05, 0) is 36.2 Å². The van der Waals surface area contributed by atoms with E-state index in [1.807, 2.05) is 0 Å². The number of halogens is 3. The molecule has 1 aromatic heterocycles. The van der Waals surface area contributed by atoms with Gasteiger partial charge < -0.3 is 10.1 Å². The lowest BCUT2D eigenvalue weighted by Gasteiger charge is -2.06. The first-order valence-electron chi connectivity index (χ1n) is 7.03. The average Bonchev–Trinajstić information content (AvgIpc) is 3.01. The molecule has 0 aliphatic carbocycles. The van der Waals surface area contributed by atoms with Gasteiger partial charge in [-0.15, -0.1) is 0 Å². The summed E-state index contributed by atoms with van der Waals surface area (Å²) in [5.41, 5.74) is 0.216. The first-order chi connectivity index (χ1) is 11.5. The van der Waals surface area contributed by atoms with E-state index in [0.717, 1.165) is 0 Å². The van der Waals surface area contributed by atoms with Crippen LogP contribution in [0, 0.1) is 5.82 Å². The Balaban J connectivity index is 1.82. The minimum atomic E-state index is -0.530. The maximum absolute atomic E-state index is 13.1. The number of carbonyl (C=O) groups is 2. The molecule has 0 saturated carbocycles. The van der Waals surface area contributed by atoms with Crippen molar-refractivity contribution in [2.75, 3.05) is 6.54 Å². The lowest BCUT2D eigenvalue weighted by atomic mass is 10.3. The first kappa shape index (κ1) is 18.2. The number of nitrogens with one attached hydrogen (secondary N) is 1. The van der Waals surface area contributed by atoms with Gasteiger partial charge in [0.1, 0.15) is 17.3 Å². The fourth-order valence-electron chi connectivity index (χ4n) is 1.78. The molecule has 0 atom stereocenters. The molecule has 0 bridgehead atoms. The van der Waals surface area contributed by atoms with Gasteiger partial charge in [0.15, 0.2) is 6.73 Å². The molecule has 0 unspecified atom stereocenters. The number of benzene rings is 1. The fourth-order valence-corrected chi connectivity index (χ4v) is 2.09. The van der Waals surface area contributed by atoms with Crippen molar-refractivity contribution < 1.29 is 18.7 Å². The van der Waals surface area contributed by atoms with Gasteiger partial charge in [-0.25, -0.2) is 9.07 Å². The summed E-state index contributed by atoms with van der Waals surface area (Å²) >= 11 is 10.9. The van der Waals surface area contributed by atoms with Crippen LogP contribution in [0.3, 0.4) is 0 Å². The Bertz CT molecular complexity index is 737. The van der Waals surface area contributed by atoms with Gasteiger partial charge >= 0.3 is 0 Å². The summed E-state index contributed by atoms with van der Waals surface area (Å²) in [7, 11) is 0. The molecule has 2 aromatic rings. The van der Waals surface area contributed by atoms with Crippen molar-refractivity contribution in [1.82, 2.24) is 15.1 Å². The van der Waals surface area contributed by atoms with Crippen LogP contribution in [-0.2, 0) is 11.5 Å². The number of aromatic nitrogens is 2. The summed E-state index contributed by atoms with van der Waals surface area (Å²) in [6, 6.07) is 5.52. The van der Waals surface area contributed by atoms with Crippen LogP contribution < -0.4 is 10.1 Å². The van der Waals surface area contributed by atoms with Gasteiger partial charge in [0, 0.05) is 25.2 Å². The van der Waals surface area contributed by atoms with Crippen molar-refractivity contribution in [2.24, 2.45) is 0 Å². The van der Waals surface area contributed by atoms with Gasteiger partial charge in [-0.2, -0.15) is 5.10 Å². The van der Waals surface area contributed by atoms with Crippen LogP contribution in [0.15, 0.2) is 30.5 Å². The van der Waals surface area contributed by atoms with Gasteiger partial charge in [-0.3, -0.25) is 9.59 Å². The van der Waals surface area contributed by atoms with Crippen LogP contribution in [0.4, 0.5) is 4.39 Å². The predicted octanol–water partition coefficient (Wildman–Crippen LogP) is 2.99. The molecule has 1 heterocycles. The molecule has 1 aromatic carbocycles. The molecule has 0 radical (unpaired) electrons. The van der Waals surface area contributed by atoms with Crippen LogP contribution in [-0.4, -0.2) is 27.5 Å². The number of rotatable bonds is 8. The molecule has 9 heteroatoms. The van der Waals surface area contributed by atoms with Crippen LogP contribution in [0.5, 0.6) is 5.75 Å². The second-order valence-electron chi connectivity index (χ2n) is 4.80. The number of carbonyl (C=O) groups excluding carboxylic acids is 2. The molecule has 1 amide bonds. The highest BCUT2D eigenvalue weighted by molar-refractivity contribution is 6.63. The molecule has 0 aliphatic heterocycles. The minimum absolute atomic E-state index is 0.0377. The summed E-state index contributed by atoms with van der Waals surface area (Å²) in [6.07, 6.45) is 2.23. The van der Waals surface area contributed by atoms with Crippen molar-refractivity contribution in [3.05, 3.63) is 47.0 Å². The van der Waals surface area contributed by atoms with Crippen molar-refractivity contribution in [2.45, 2.75) is 19.6 Å². The Morgan fingerprint density at radius 3 is 2.83 bits per heavy atom. The largest absolute Gasteiger partial charge is 0.471 e. The second-order valence-corrected chi connectivity index (χ2v) is 5.63. The van der Waals surface area contributed by atoms with E-state index < -0.39 is 11.1 Å². The standard InChI is InChI=1S/C15H14Cl2FN3O3/c16-11-8-10(3-4-12(11)18)24-9-21-7-5-13(20-21)15(23)19-6-1-2-14(17)22/h3-5,7-8H,1-2,6,9H2,(H,19,23). The smallest absolute Gasteiger partial charge is 0.271 e. The molecule has 24 heavy (non-hydrogen) atoms. The topological polar surface area (TPSA) is 73.2 Å². The number of nitrogens with zero attached hydrogens (tertiary/aromatic N) is 2. The zero-order valence-electron chi connectivity index (χ0n) is 12.5. The predicted molar refractivity (Wildman–Crippen MR) is 86.7 cm³/mol. The quantitative estimate of drug-likeness (QED) is 0.570. The zero-order chi connectivity index (χ0) is 17.5. The SMILES string of the molecule is O=C(Cl)CCCNC(=O)c1ccn(COc2ccc(F)c(Cl)c2)n1. The number of hydrogen-bond acceptors (Lipinski definition) is 4. The van der Waals surface area contributed by atoms with Crippen molar-refractivity contribution in [3.63, 3.8) is 0 Å². The lowest BCUT2D eigenvalue weighted by molar-refractivity contribution is -0.111. The Labute approximate surface area is 147 Å². The van der Waals surface area contributed by atoms with Crippen molar-refractivity contribution in [1.29, 1.82) is 0 Å². The molecule has 0 aliphatic rings. The highest BCUT2D eigenvalue weighted by Gasteiger charge is 2.09. The maximum Gasteiger partial charge on any atom is 0.271 e. The van der Waals surface area contributed by atoms with E-state index in [1.54, 1.807) is 6.20 Å². The maximum atomic E-state index is 13.1. The van der Waals surface area contributed by atoms with Crippen LogP contribution in [0.25, 0.3) is 0 Å². The highest BCUT2D eigenvalue weighted by atomic mass is 35.5. The molecule has 2 rings (SSSR count). The number of hydrogen-bond donors (Lipinski definition) is 1. The van der Waals surface area contributed by atoms with E-state index in [9.17, 15) is 14.0 Å². The number of amides is 1. The van der Waals surface area contributed by atoms with E-state index in [2.05, 4.69) is 10.4 Å². The molecule has 0 spiro atoms. The van der Waals surface area contributed by atoms with E-state index >= 15 is 0 Å². The average molecular weight is 374 g/mol. The monoisotopic (exact) mass is 373 g/mol. The summed E-state index contributed by atoms with van der Waals surface area (Å²) in [5, 5.41) is 6.21. The van der Waals surface area contributed by atoms with Crippen molar-refractivity contribution in [3.8, 4) is 5.75 Å². The van der Waals surface area contributed by atoms with Crippen LogP contribution in [0.1, 0.15) is 23.3 Å². The lowest BCUT2D eigenvalue weighted by Crippen LogP contribution is -2.25. The van der Waals surface area contributed by atoms with E-state index in [4.69, 9.17) is 27.9 Å². The van der Waals surface area contributed by atoms with Crippen molar-refractivity contribution >= 4 is 34.4 Å². The Kier molecular flexibility index (Phi) is 6.57. The normalized spacial score (nSPS) is 10.5. The molecule has 0 fully saturated rings.